The molecule has 0 N–H and O–H groups in total. The van der Waals surface area contributed by atoms with E-state index in [2.05, 4.69) is 6.92 Å². The third kappa shape index (κ3) is 3.60. The molecule has 2 heterocycles. The van der Waals surface area contributed by atoms with E-state index >= 15 is 0 Å². The SMILES string of the molecule is C[C@H]1CCc2c(C(=O)N3CCN(S(=O)(=O)c4ccc(F)cc4)CC3)csc2C1. The highest BCUT2D eigenvalue weighted by Gasteiger charge is 2.32. The zero-order chi connectivity index (χ0) is 19.9. The first-order valence-corrected chi connectivity index (χ1v) is 11.8. The van der Waals surface area contributed by atoms with Gasteiger partial charge in [0, 0.05) is 36.4 Å². The summed E-state index contributed by atoms with van der Waals surface area (Å²) in [5.41, 5.74) is 1.98. The zero-order valence-electron chi connectivity index (χ0n) is 15.7. The van der Waals surface area contributed by atoms with Crippen molar-refractivity contribution in [2.75, 3.05) is 26.2 Å². The van der Waals surface area contributed by atoms with E-state index in [0.29, 0.717) is 19.0 Å². The number of sulfonamides is 1. The predicted octanol–water partition coefficient (Wildman–Crippen LogP) is 3.16. The maximum Gasteiger partial charge on any atom is 0.255 e. The molecule has 0 unspecified atom stereocenters. The predicted molar refractivity (Wildman–Crippen MR) is 107 cm³/mol. The average molecular weight is 423 g/mol. The minimum Gasteiger partial charge on any atom is -0.336 e. The second-order valence-corrected chi connectivity index (χ2v) is 10.5. The summed E-state index contributed by atoms with van der Waals surface area (Å²) in [7, 11) is -3.67. The van der Waals surface area contributed by atoms with Gasteiger partial charge in [-0.1, -0.05) is 6.92 Å². The number of thiophene rings is 1. The van der Waals surface area contributed by atoms with Crippen molar-refractivity contribution in [3.8, 4) is 0 Å². The number of halogens is 1. The van der Waals surface area contributed by atoms with Crippen LogP contribution in [0.2, 0.25) is 0 Å². The van der Waals surface area contributed by atoms with Crippen LogP contribution in [-0.4, -0.2) is 49.7 Å². The van der Waals surface area contributed by atoms with Crippen molar-refractivity contribution in [2.45, 2.75) is 31.1 Å². The summed E-state index contributed by atoms with van der Waals surface area (Å²) in [5.74, 6) is 0.197. The van der Waals surface area contributed by atoms with Crippen molar-refractivity contribution in [1.29, 1.82) is 0 Å². The van der Waals surface area contributed by atoms with Gasteiger partial charge < -0.3 is 4.90 Å². The molecule has 5 nitrogen and oxygen atoms in total. The van der Waals surface area contributed by atoms with E-state index in [1.807, 2.05) is 5.38 Å². The van der Waals surface area contributed by atoms with Crippen LogP contribution in [0.25, 0.3) is 0 Å². The van der Waals surface area contributed by atoms with Crippen molar-refractivity contribution in [3.63, 3.8) is 0 Å². The van der Waals surface area contributed by atoms with Crippen molar-refractivity contribution in [3.05, 3.63) is 51.5 Å². The summed E-state index contributed by atoms with van der Waals surface area (Å²) < 4.78 is 39.9. The summed E-state index contributed by atoms with van der Waals surface area (Å²) in [6, 6.07) is 4.85. The fourth-order valence-corrected chi connectivity index (χ4v) is 6.57. The number of piperazine rings is 1. The van der Waals surface area contributed by atoms with Crippen LogP contribution in [0.4, 0.5) is 4.39 Å². The lowest BCUT2D eigenvalue weighted by Crippen LogP contribution is -2.50. The van der Waals surface area contributed by atoms with Gasteiger partial charge in [-0.05, 0) is 55.0 Å². The van der Waals surface area contributed by atoms with Gasteiger partial charge in [-0.3, -0.25) is 4.79 Å². The van der Waals surface area contributed by atoms with Gasteiger partial charge in [0.15, 0.2) is 0 Å². The van der Waals surface area contributed by atoms with Crippen LogP contribution < -0.4 is 0 Å². The molecule has 1 atom stereocenters. The molecule has 1 saturated heterocycles. The number of benzene rings is 1. The summed E-state index contributed by atoms with van der Waals surface area (Å²) in [4.78, 5) is 16.1. The molecular weight excluding hydrogens is 399 g/mol. The van der Waals surface area contributed by atoms with Gasteiger partial charge in [0.05, 0.1) is 10.5 Å². The van der Waals surface area contributed by atoms with Crippen LogP contribution in [0.3, 0.4) is 0 Å². The van der Waals surface area contributed by atoms with E-state index in [4.69, 9.17) is 0 Å². The highest BCUT2D eigenvalue weighted by Crippen LogP contribution is 2.33. The Morgan fingerprint density at radius 2 is 1.82 bits per heavy atom. The molecule has 0 bridgehead atoms. The topological polar surface area (TPSA) is 57.7 Å². The first-order chi connectivity index (χ1) is 13.4. The lowest BCUT2D eigenvalue weighted by Gasteiger charge is -2.34. The Bertz CT molecular complexity index is 977. The number of nitrogens with zero attached hydrogens (tertiary/aromatic N) is 2. The van der Waals surface area contributed by atoms with Gasteiger partial charge in [0.2, 0.25) is 10.0 Å². The van der Waals surface area contributed by atoms with Gasteiger partial charge in [-0.25, -0.2) is 12.8 Å². The Labute approximate surface area is 168 Å². The highest BCUT2D eigenvalue weighted by atomic mass is 32.2. The maximum absolute atomic E-state index is 13.1. The fraction of sp³-hybridized carbons (Fsp3) is 0.450. The third-order valence-corrected chi connectivity index (χ3v) is 8.57. The number of fused-ring (bicyclic) bond motifs is 1. The van der Waals surface area contributed by atoms with Crippen molar-refractivity contribution in [1.82, 2.24) is 9.21 Å². The van der Waals surface area contributed by atoms with Crippen LogP contribution >= 0.6 is 11.3 Å². The molecule has 1 aromatic heterocycles. The minimum absolute atomic E-state index is 0.00545. The van der Waals surface area contributed by atoms with E-state index in [-0.39, 0.29) is 23.9 Å². The van der Waals surface area contributed by atoms with Crippen LogP contribution in [-0.2, 0) is 22.9 Å². The molecule has 1 amide bonds. The van der Waals surface area contributed by atoms with Crippen LogP contribution in [0.15, 0.2) is 34.5 Å². The molecule has 0 saturated carbocycles. The zero-order valence-corrected chi connectivity index (χ0v) is 17.4. The van der Waals surface area contributed by atoms with E-state index in [0.717, 1.165) is 37.0 Å². The molecule has 28 heavy (non-hydrogen) atoms. The summed E-state index contributed by atoms with van der Waals surface area (Å²) in [6.45, 7) is 3.45. The number of rotatable bonds is 3. The van der Waals surface area contributed by atoms with E-state index in [1.54, 1.807) is 16.2 Å². The molecule has 1 aromatic carbocycles. The van der Waals surface area contributed by atoms with E-state index in [1.165, 1.54) is 26.9 Å². The molecule has 1 fully saturated rings. The molecule has 0 spiro atoms. The maximum atomic E-state index is 13.1. The lowest BCUT2D eigenvalue weighted by molar-refractivity contribution is 0.0697. The molecule has 0 radical (unpaired) electrons. The first-order valence-electron chi connectivity index (χ1n) is 9.50. The van der Waals surface area contributed by atoms with E-state index in [9.17, 15) is 17.6 Å². The largest absolute Gasteiger partial charge is 0.336 e. The summed E-state index contributed by atoms with van der Waals surface area (Å²) in [5, 5.41) is 1.96. The first kappa shape index (κ1) is 19.5. The van der Waals surface area contributed by atoms with Gasteiger partial charge in [0.25, 0.3) is 5.91 Å². The minimum atomic E-state index is -3.67. The smallest absolute Gasteiger partial charge is 0.255 e. The fourth-order valence-electron chi connectivity index (χ4n) is 3.91. The number of carbonyl (C=O) groups is 1. The second kappa shape index (κ2) is 7.57. The standard InChI is InChI=1S/C20H23FN2O3S2/c1-14-2-7-17-18(13-27-19(17)12-14)20(24)22-8-10-23(11-9-22)28(25,26)16-5-3-15(21)4-6-16/h3-6,13-14H,2,7-12H2,1H3/t14-/m0/s1. The number of amides is 1. The highest BCUT2D eigenvalue weighted by molar-refractivity contribution is 7.89. The summed E-state index contributed by atoms with van der Waals surface area (Å²) in [6.07, 6.45) is 3.09. The quantitative estimate of drug-likeness (QED) is 0.764. The second-order valence-electron chi connectivity index (χ2n) is 7.55. The number of hydrogen-bond acceptors (Lipinski definition) is 4. The van der Waals surface area contributed by atoms with E-state index < -0.39 is 15.8 Å². The van der Waals surface area contributed by atoms with Gasteiger partial charge in [0.1, 0.15) is 5.82 Å². The molecule has 2 aromatic rings. The van der Waals surface area contributed by atoms with Crippen molar-refractivity contribution in [2.24, 2.45) is 5.92 Å². The average Bonchev–Trinajstić information content (AvgIpc) is 3.11. The molecule has 1 aliphatic carbocycles. The Hall–Kier alpha value is -1.77. The lowest BCUT2D eigenvalue weighted by atomic mass is 9.88. The Morgan fingerprint density at radius 3 is 2.50 bits per heavy atom. The third-order valence-electron chi connectivity index (χ3n) is 5.61. The summed E-state index contributed by atoms with van der Waals surface area (Å²) >= 11 is 1.67. The Morgan fingerprint density at radius 1 is 1.14 bits per heavy atom. The molecule has 150 valence electrons. The monoisotopic (exact) mass is 422 g/mol. The van der Waals surface area contributed by atoms with Crippen molar-refractivity contribution >= 4 is 27.3 Å². The van der Waals surface area contributed by atoms with Crippen LogP contribution in [0, 0.1) is 11.7 Å². The van der Waals surface area contributed by atoms with Gasteiger partial charge in [-0.2, -0.15) is 4.31 Å². The Balaban J connectivity index is 1.44. The number of hydrogen-bond donors (Lipinski definition) is 0. The number of carbonyl (C=O) groups excluding carboxylic acids is 1. The Kier molecular flexibility index (Phi) is 5.28. The van der Waals surface area contributed by atoms with Gasteiger partial charge >= 0.3 is 0 Å². The van der Waals surface area contributed by atoms with Crippen LogP contribution in [0.5, 0.6) is 0 Å². The molecule has 2 aliphatic rings. The molecule has 4 rings (SSSR count). The van der Waals surface area contributed by atoms with Crippen molar-refractivity contribution < 1.29 is 17.6 Å². The molecular formula is C20H23FN2O3S2. The normalized spacial score (nSPS) is 20.8. The molecule has 8 heteroatoms. The van der Waals surface area contributed by atoms with Gasteiger partial charge in [-0.15, -0.1) is 11.3 Å². The van der Waals surface area contributed by atoms with Crippen LogP contribution in [0.1, 0.15) is 34.1 Å². The molecule has 1 aliphatic heterocycles.